The van der Waals surface area contributed by atoms with Gasteiger partial charge in [0, 0.05) is 75.9 Å². The fraction of sp³-hybridized carbons (Fsp3) is 0.476. The number of nitrogens with zero attached hydrogens (tertiary/aromatic N) is 8. The quantitative estimate of drug-likeness (QED) is 0.0192. The first-order valence-electron chi connectivity index (χ1n) is 29.3. The van der Waals surface area contributed by atoms with Crippen molar-refractivity contribution in [3.8, 4) is 11.5 Å². The smallest absolute Gasteiger partial charge is 0.247 e. The highest BCUT2D eigenvalue weighted by molar-refractivity contribution is 7.13. The Labute approximate surface area is 520 Å². The Bertz CT molecular complexity index is 2900. The maximum atomic E-state index is 14.0. The van der Waals surface area contributed by atoms with Crippen LogP contribution >= 0.6 is 34.5 Å². The minimum atomic E-state index is -0.876. The van der Waals surface area contributed by atoms with Gasteiger partial charge < -0.3 is 59.2 Å². The summed E-state index contributed by atoms with van der Waals surface area (Å²) in [5, 5.41) is 20.1. The number of thiazole rings is 1. The standard InChI is InChI=1S/C52H69Cl2N7O7.C11H16N4O2S/c1-6-10-41(7-2)39(3)56-52(63)51(42-14-23-48(53)49(54)37-42)61(45-17-18-45)50(62)24-13-40-11-19-46(20-12-40)67-29-9-8-26-59(5)27-31-65-34-33-64-30-25-44-38-60(58-57-44)28-32-66-35-36-68-47-21-15-43(55-4)16-22-47;1-14-2-4-15(5-3-14)10(17)6-9-7-18-11(13-9)12-8-16/h6-7,10-12,14-16,19-23,37-39,45,51,55H,1-2,8-9,13,17-18,24-36H2,3-5H3,(H,56,63);7-8H,2-6H2,1H3,(H,12,13,16)/b41-10+;. The number of allylic oxidation sites excluding steroid dienone is 2. The molecule has 3 aromatic carbocycles. The molecule has 1 saturated carbocycles. The zero-order valence-electron chi connectivity index (χ0n) is 50.1. The number of benzene rings is 3. The van der Waals surface area contributed by atoms with Crippen LogP contribution in [0, 0.1) is 0 Å². The van der Waals surface area contributed by atoms with Gasteiger partial charge in [-0.25, -0.2) is 9.67 Å². The monoisotopic (exact) mass is 1240 g/mol. The Hall–Kier alpha value is -6.69. The van der Waals surface area contributed by atoms with Crippen LogP contribution < -0.4 is 25.4 Å². The van der Waals surface area contributed by atoms with Crippen LogP contribution in [0.25, 0.3) is 0 Å². The normalized spacial score (nSPS) is 14.1. The molecule has 2 unspecified atom stereocenters. The van der Waals surface area contributed by atoms with E-state index in [1.807, 2.05) is 73.6 Å². The summed E-state index contributed by atoms with van der Waals surface area (Å²) < 4.78 is 30.7. The van der Waals surface area contributed by atoms with Gasteiger partial charge in [-0.3, -0.25) is 19.2 Å². The fourth-order valence-corrected chi connectivity index (χ4v) is 10.1. The van der Waals surface area contributed by atoms with Crippen molar-refractivity contribution < 1.29 is 42.9 Å². The van der Waals surface area contributed by atoms with Crippen molar-refractivity contribution in [1.29, 1.82) is 0 Å². The number of carbonyl (C=O) groups excluding carboxylic acids is 4. The number of amides is 4. The summed E-state index contributed by atoms with van der Waals surface area (Å²) in [6.07, 6.45) is 13.0. The summed E-state index contributed by atoms with van der Waals surface area (Å²) in [5.74, 6) is 1.31. The largest absolute Gasteiger partial charge is 0.494 e. The number of nitrogens with one attached hydrogen (secondary N) is 3. The number of unbranched alkanes of at least 4 members (excludes halogenated alkanes) is 1. The first-order valence-corrected chi connectivity index (χ1v) is 31.0. The molecule has 0 bridgehead atoms. The molecule has 2 fully saturated rings. The maximum Gasteiger partial charge on any atom is 0.247 e. The van der Waals surface area contributed by atoms with Gasteiger partial charge in [-0.05, 0) is 125 Å². The molecule has 1 aliphatic carbocycles. The zero-order valence-corrected chi connectivity index (χ0v) is 52.5. The second-order valence-corrected chi connectivity index (χ2v) is 22.6. The van der Waals surface area contributed by atoms with Crippen molar-refractivity contribution in [2.45, 2.75) is 83.0 Å². The molecule has 20 nitrogen and oxygen atoms in total. The molecule has 1 aliphatic heterocycles. The summed E-state index contributed by atoms with van der Waals surface area (Å²) in [5.41, 5.74) is 5.06. The van der Waals surface area contributed by atoms with Gasteiger partial charge in [0.2, 0.25) is 24.1 Å². The van der Waals surface area contributed by atoms with E-state index in [1.54, 1.807) is 51.4 Å². The van der Waals surface area contributed by atoms with Gasteiger partial charge in [0.1, 0.15) is 24.1 Å². The molecule has 2 aliphatic rings. The summed E-state index contributed by atoms with van der Waals surface area (Å²) in [6, 6.07) is 19.5. The van der Waals surface area contributed by atoms with Crippen molar-refractivity contribution in [2.24, 2.45) is 0 Å². The third-order valence-electron chi connectivity index (χ3n) is 14.3. The van der Waals surface area contributed by atoms with E-state index in [1.165, 1.54) is 11.3 Å². The second-order valence-electron chi connectivity index (χ2n) is 20.9. The van der Waals surface area contributed by atoms with Gasteiger partial charge in [-0.2, -0.15) is 0 Å². The van der Waals surface area contributed by atoms with Gasteiger partial charge in [-0.1, -0.05) is 78.0 Å². The first-order chi connectivity index (χ1) is 41.8. The van der Waals surface area contributed by atoms with Gasteiger partial charge >= 0.3 is 0 Å². The van der Waals surface area contributed by atoms with Crippen LogP contribution in [0.5, 0.6) is 11.5 Å². The van der Waals surface area contributed by atoms with Crippen LogP contribution in [-0.2, 0) is 59.2 Å². The number of halogens is 2. The third-order valence-corrected chi connectivity index (χ3v) is 15.8. The minimum absolute atomic E-state index is 0.0394. The minimum Gasteiger partial charge on any atom is -0.494 e. The summed E-state index contributed by atoms with van der Waals surface area (Å²) in [6.45, 7) is 19.7. The molecular weight excluding hydrogens is 1160 g/mol. The average molecular weight is 1240 g/mol. The molecule has 2 atom stereocenters. The number of hydrogen-bond donors (Lipinski definition) is 3. The number of rotatable bonds is 38. The Kier molecular flexibility index (Phi) is 30.1. The number of ether oxygens (including phenoxy) is 5. The molecule has 1 saturated heterocycles. The Balaban J connectivity index is 0.000000556. The van der Waals surface area contributed by atoms with Crippen LogP contribution in [0.2, 0.25) is 10.0 Å². The number of carbonyl (C=O) groups is 4. The summed E-state index contributed by atoms with van der Waals surface area (Å²) >= 11 is 14.0. The van der Waals surface area contributed by atoms with E-state index >= 15 is 0 Å². The predicted molar refractivity (Wildman–Crippen MR) is 339 cm³/mol. The van der Waals surface area contributed by atoms with E-state index in [-0.39, 0.29) is 36.2 Å². The van der Waals surface area contributed by atoms with Crippen LogP contribution in [0.1, 0.15) is 67.6 Å². The molecule has 3 heterocycles. The molecular formula is C63H85Cl2N11O9S. The number of hydrogen-bond acceptors (Lipinski definition) is 16. The lowest BCUT2D eigenvalue weighted by molar-refractivity contribution is -0.141. The summed E-state index contributed by atoms with van der Waals surface area (Å²) in [4.78, 5) is 62.5. The third kappa shape index (κ3) is 24.2. The highest BCUT2D eigenvalue weighted by Crippen LogP contribution is 2.37. The average Bonchev–Trinajstić information content (AvgIpc) is 3.00. The number of likely N-dealkylation sites (N-methyl/N-ethyl adjacent to an activating group) is 2. The molecule has 4 amide bonds. The Morgan fingerprint density at radius 2 is 1.52 bits per heavy atom. The molecule has 3 N–H and O–H groups in total. The lowest BCUT2D eigenvalue weighted by Crippen LogP contribution is -2.47. The Morgan fingerprint density at radius 3 is 2.21 bits per heavy atom. The highest BCUT2D eigenvalue weighted by Gasteiger charge is 2.41. The molecule has 0 radical (unpaired) electrons. The van der Waals surface area contributed by atoms with Gasteiger partial charge in [-0.15, -0.1) is 16.4 Å². The predicted octanol–water partition coefficient (Wildman–Crippen LogP) is 8.58. The first kappa shape index (κ1) is 68.4. The second kappa shape index (κ2) is 37.8. The molecule has 86 heavy (non-hydrogen) atoms. The van der Waals surface area contributed by atoms with E-state index in [0.717, 1.165) is 99.0 Å². The Morgan fingerprint density at radius 1 is 0.826 bits per heavy atom. The van der Waals surface area contributed by atoms with Crippen LogP contribution in [-0.4, -0.2) is 189 Å². The van der Waals surface area contributed by atoms with Crippen LogP contribution in [0.4, 0.5) is 10.8 Å². The van der Waals surface area contributed by atoms with Gasteiger partial charge in [0.05, 0.1) is 86.7 Å². The van der Waals surface area contributed by atoms with Crippen molar-refractivity contribution in [3.63, 3.8) is 0 Å². The van der Waals surface area contributed by atoms with E-state index < -0.39 is 6.04 Å². The van der Waals surface area contributed by atoms with Crippen molar-refractivity contribution in [3.05, 3.63) is 148 Å². The van der Waals surface area contributed by atoms with E-state index in [9.17, 15) is 19.2 Å². The molecule has 0 spiro atoms. The molecule has 2 aromatic heterocycles. The van der Waals surface area contributed by atoms with Gasteiger partial charge in [0.25, 0.3) is 0 Å². The van der Waals surface area contributed by atoms with Crippen LogP contribution in [0.15, 0.2) is 115 Å². The number of aromatic nitrogens is 4. The molecule has 466 valence electrons. The highest BCUT2D eigenvalue weighted by atomic mass is 35.5. The van der Waals surface area contributed by atoms with E-state index in [0.29, 0.717) is 112 Å². The van der Waals surface area contributed by atoms with Crippen molar-refractivity contribution >= 4 is 69.5 Å². The number of piperazine rings is 1. The lowest BCUT2D eigenvalue weighted by atomic mass is 10.0. The lowest BCUT2D eigenvalue weighted by Gasteiger charge is -2.33. The zero-order chi connectivity index (χ0) is 61.5. The maximum absolute atomic E-state index is 14.0. The molecule has 23 heteroatoms. The number of anilines is 2. The fourth-order valence-electron chi connectivity index (χ4n) is 9.16. The topological polar surface area (TPSA) is 207 Å². The van der Waals surface area contributed by atoms with E-state index in [2.05, 4.69) is 68.3 Å². The van der Waals surface area contributed by atoms with Gasteiger partial charge in [0.15, 0.2) is 5.13 Å². The van der Waals surface area contributed by atoms with Crippen molar-refractivity contribution in [2.75, 3.05) is 124 Å². The SMILES string of the molecule is C=C/C=C(\C=C)C(C)NC(=O)C(c1ccc(Cl)c(Cl)c1)N(C(=O)CCc1ccc(OCCCCN(C)CCOCCOCCc2cn(CCOCCOc3ccc(NC)cc3)nn2)cc1)C1CC1.CN1CCN(C(=O)Cc2csc(NC=O)n2)CC1. The summed E-state index contributed by atoms with van der Waals surface area (Å²) in [7, 11) is 6.04. The molecule has 5 aromatic rings. The van der Waals surface area contributed by atoms with Crippen molar-refractivity contribution in [1.82, 2.24) is 44.9 Å². The van der Waals surface area contributed by atoms with Crippen LogP contribution in [0.3, 0.4) is 0 Å². The number of aryl methyl sites for hydroxylation is 1. The molecule has 7 rings (SSSR count). The van der Waals surface area contributed by atoms with E-state index in [4.69, 9.17) is 46.9 Å².